The molecule has 1 fully saturated rings. The van der Waals surface area contributed by atoms with E-state index in [1.54, 1.807) is 12.3 Å². The first-order chi connectivity index (χ1) is 10.8. The lowest BCUT2D eigenvalue weighted by atomic mass is 10.0. The number of anilines is 1. The van der Waals surface area contributed by atoms with Gasteiger partial charge in [-0.1, -0.05) is 25.0 Å². The molecule has 0 saturated heterocycles. The Morgan fingerprint density at radius 1 is 1.27 bits per heavy atom. The Morgan fingerprint density at radius 3 is 2.82 bits per heavy atom. The van der Waals surface area contributed by atoms with E-state index in [4.69, 9.17) is 10.7 Å². The van der Waals surface area contributed by atoms with Crippen LogP contribution in [0, 0.1) is 5.82 Å². The Balaban J connectivity index is 1.97. The average molecular weight is 300 g/mol. The first kappa shape index (κ1) is 14.9. The molecule has 0 aliphatic heterocycles. The van der Waals surface area contributed by atoms with Crippen LogP contribution in [0.4, 0.5) is 10.1 Å². The molecule has 1 saturated carbocycles. The summed E-state index contributed by atoms with van der Waals surface area (Å²) in [6.07, 6.45) is 6.57. The second-order valence-corrected chi connectivity index (χ2v) is 5.70. The van der Waals surface area contributed by atoms with Gasteiger partial charge in [0.25, 0.3) is 0 Å². The van der Waals surface area contributed by atoms with Crippen LogP contribution in [0.15, 0.2) is 30.5 Å². The Bertz CT molecular complexity index is 638. The van der Waals surface area contributed by atoms with Crippen molar-refractivity contribution in [2.75, 3.05) is 18.4 Å². The Kier molecular flexibility index (Phi) is 4.63. The summed E-state index contributed by atoms with van der Waals surface area (Å²) in [6.45, 7) is 1.26. The van der Waals surface area contributed by atoms with Gasteiger partial charge in [-0.15, -0.1) is 0 Å². The molecule has 5 heteroatoms. The van der Waals surface area contributed by atoms with Gasteiger partial charge in [-0.2, -0.15) is 0 Å². The van der Waals surface area contributed by atoms with Gasteiger partial charge in [-0.05, 0) is 25.0 Å². The Hall–Kier alpha value is -2.01. The number of benzene rings is 1. The Morgan fingerprint density at radius 2 is 2.09 bits per heavy atom. The van der Waals surface area contributed by atoms with Gasteiger partial charge in [0.05, 0.1) is 17.6 Å². The lowest BCUT2D eigenvalue weighted by Crippen LogP contribution is -2.16. The molecule has 0 radical (unpaired) electrons. The molecule has 4 nitrogen and oxygen atoms in total. The maximum absolute atomic E-state index is 13.4. The number of aromatic nitrogens is 2. The lowest BCUT2D eigenvalue weighted by molar-refractivity contribution is 0.628. The second-order valence-electron chi connectivity index (χ2n) is 5.70. The van der Waals surface area contributed by atoms with E-state index < -0.39 is 0 Å². The van der Waals surface area contributed by atoms with Gasteiger partial charge < -0.3 is 11.1 Å². The number of halogens is 1. The van der Waals surface area contributed by atoms with E-state index in [1.807, 2.05) is 6.07 Å². The average Bonchev–Trinajstić information content (AvgIpc) is 3.07. The normalized spacial score (nSPS) is 15.2. The van der Waals surface area contributed by atoms with Crippen LogP contribution >= 0.6 is 0 Å². The summed E-state index contributed by atoms with van der Waals surface area (Å²) in [5, 5.41) is 3.31. The van der Waals surface area contributed by atoms with Gasteiger partial charge in [0.2, 0.25) is 0 Å². The standard InChI is InChI=1S/C17H21FN4/c18-14-7-3-6-13(10-14)17-21-11-15(20-9-8-19)16(22-17)12-4-1-2-5-12/h3,6-7,10-12,20H,1-2,4-5,8-9,19H2. The third-order valence-electron chi connectivity index (χ3n) is 4.10. The molecule has 1 aromatic carbocycles. The number of hydrogen-bond donors (Lipinski definition) is 2. The molecule has 0 spiro atoms. The third kappa shape index (κ3) is 3.25. The van der Waals surface area contributed by atoms with E-state index in [0.29, 0.717) is 30.4 Å². The molecule has 0 unspecified atom stereocenters. The van der Waals surface area contributed by atoms with Crippen molar-refractivity contribution in [3.05, 3.63) is 42.0 Å². The molecule has 1 aliphatic carbocycles. The van der Waals surface area contributed by atoms with Crippen LogP contribution in [0.25, 0.3) is 11.4 Å². The van der Waals surface area contributed by atoms with E-state index in [9.17, 15) is 4.39 Å². The van der Waals surface area contributed by atoms with Crippen molar-refractivity contribution in [1.82, 2.24) is 9.97 Å². The van der Waals surface area contributed by atoms with Gasteiger partial charge in [-0.3, -0.25) is 0 Å². The predicted octanol–water partition coefficient (Wildman–Crippen LogP) is 3.31. The summed E-state index contributed by atoms with van der Waals surface area (Å²) in [7, 11) is 0. The van der Waals surface area contributed by atoms with E-state index in [-0.39, 0.29) is 5.82 Å². The van der Waals surface area contributed by atoms with E-state index in [1.165, 1.54) is 25.0 Å². The van der Waals surface area contributed by atoms with Gasteiger partial charge in [0, 0.05) is 24.6 Å². The van der Waals surface area contributed by atoms with Gasteiger partial charge >= 0.3 is 0 Å². The Labute approximate surface area is 130 Å². The zero-order valence-electron chi connectivity index (χ0n) is 12.6. The molecule has 22 heavy (non-hydrogen) atoms. The zero-order chi connectivity index (χ0) is 15.4. The SMILES string of the molecule is NCCNc1cnc(-c2cccc(F)c2)nc1C1CCCC1. The molecular formula is C17H21FN4. The fourth-order valence-electron chi connectivity index (χ4n) is 3.02. The second kappa shape index (κ2) is 6.83. The number of nitrogens with two attached hydrogens (primary N) is 1. The molecule has 1 heterocycles. The maximum Gasteiger partial charge on any atom is 0.159 e. The molecular weight excluding hydrogens is 279 g/mol. The minimum atomic E-state index is -0.270. The summed E-state index contributed by atoms with van der Waals surface area (Å²) in [6, 6.07) is 6.42. The van der Waals surface area contributed by atoms with Crippen LogP contribution in [0.1, 0.15) is 37.3 Å². The van der Waals surface area contributed by atoms with E-state index in [0.717, 1.165) is 24.2 Å². The van der Waals surface area contributed by atoms with E-state index in [2.05, 4.69) is 10.3 Å². The van der Waals surface area contributed by atoms with Crippen molar-refractivity contribution in [2.45, 2.75) is 31.6 Å². The van der Waals surface area contributed by atoms with Gasteiger partial charge in [-0.25, -0.2) is 14.4 Å². The summed E-state index contributed by atoms with van der Waals surface area (Å²) in [4.78, 5) is 9.13. The molecule has 3 rings (SSSR count). The largest absolute Gasteiger partial charge is 0.381 e. The molecule has 1 aliphatic rings. The van der Waals surface area contributed by atoms with Crippen LogP contribution in [-0.4, -0.2) is 23.1 Å². The van der Waals surface area contributed by atoms with Crippen molar-refractivity contribution in [1.29, 1.82) is 0 Å². The molecule has 0 amide bonds. The van der Waals surface area contributed by atoms with Crippen LogP contribution in [0.2, 0.25) is 0 Å². The van der Waals surface area contributed by atoms with Crippen LogP contribution in [0.5, 0.6) is 0 Å². The minimum Gasteiger partial charge on any atom is -0.381 e. The fourth-order valence-corrected chi connectivity index (χ4v) is 3.02. The number of rotatable bonds is 5. The summed E-state index contributed by atoms with van der Waals surface area (Å²) in [5.41, 5.74) is 8.28. The molecule has 1 aromatic heterocycles. The van der Waals surface area contributed by atoms with Crippen LogP contribution in [-0.2, 0) is 0 Å². The molecule has 0 atom stereocenters. The highest BCUT2D eigenvalue weighted by atomic mass is 19.1. The van der Waals surface area contributed by atoms with Crippen molar-refractivity contribution >= 4 is 5.69 Å². The van der Waals surface area contributed by atoms with Crippen molar-refractivity contribution in [3.8, 4) is 11.4 Å². The van der Waals surface area contributed by atoms with Crippen LogP contribution < -0.4 is 11.1 Å². The quantitative estimate of drug-likeness (QED) is 0.889. The molecule has 3 N–H and O–H groups in total. The van der Waals surface area contributed by atoms with Crippen LogP contribution in [0.3, 0.4) is 0 Å². The number of nitrogens with zero attached hydrogens (tertiary/aromatic N) is 2. The fraction of sp³-hybridized carbons (Fsp3) is 0.412. The van der Waals surface area contributed by atoms with Gasteiger partial charge in [0.15, 0.2) is 5.82 Å². The molecule has 2 aromatic rings. The van der Waals surface area contributed by atoms with Crippen molar-refractivity contribution in [2.24, 2.45) is 5.73 Å². The van der Waals surface area contributed by atoms with E-state index >= 15 is 0 Å². The summed E-state index contributed by atoms with van der Waals surface area (Å²) < 4.78 is 13.4. The predicted molar refractivity (Wildman–Crippen MR) is 86.2 cm³/mol. The molecule has 116 valence electrons. The maximum atomic E-state index is 13.4. The molecule has 0 bridgehead atoms. The lowest BCUT2D eigenvalue weighted by Gasteiger charge is -2.16. The van der Waals surface area contributed by atoms with Gasteiger partial charge in [0.1, 0.15) is 5.82 Å². The first-order valence-corrected chi connectivity index (χ1v) is 7.85. The summed E-state index contributed by atoms with van der Waals surface area (Å²) in [5.74, 6) is 0.768. The highest BCUT2D eigenvalue weighted by Gasteiger charge is 2.22. The third-order valence-corrected chi connectivity index (χ3v) is 4.10. The summed E-state index contributed by atoms with van der Waals surface area (Å²) >= 11 is 0. The zero-order valence-corrected chi connectivity index (χ0v) is 12.6. The highest BCUT2D eigenvalue weighted by Crippen LogP contribution is 2.37. The first-order valence-electron chi connectivity index (χ1n) is 7.85. The highest BCUT2D eigenvalue weighted by molar-refractivity contribution is 5.58. The van der Waals surface area contributed by atoms with Crippen molar-refractivity contribution in [3.63, 3.8) is 0 Å². The minimum absolute atomic E-state index is 0.270. The monoisotopic (exact) mass is 300 g/mol. The number of hydrogen-bond acceptors (Lipinski definition) is 4. The smallest absolute Gasteiger partial charge is 0.159 e. The van der Waals surface area contributed by atoms with Crippen molar-refractivity contribution < 1.29 is 4.39 Å². The topological polar surface area (TPSA) is 63.8 Å². The number of nitrogens with one attached hydrogen (secondary N) is 1.